The molecule has 0 unspecified atom stereocenters. The molecule has 1 saturated heterocycles. The first-order chi connectivity index (χ1) is 5.20. The van der Waals surface area contributed by atoms with Gasteiger partial charge < -0.3 is 0 Å². The predicted molar refractivity (Wildman–Crippen MR) is 35.1 cm³/mol. The summed E-state index contributed by atoms with van der Waals surface area (Å²) in [5, 5.41) is 0. The van der Waals surface area contributed by atoms with Crippen molar-refractivity contribution in [2.75, 3.05) is 0 Å². The van der Waals surface area contributed by atoms with E-state index in [2.05, 4.69) is 7.64 Å². The van der Waals surface area contributed by atoms with Gasteiger partial charge in [-0.25, -0.2) is 0 Å². The molecule has 0 spiro atoms. The fraction of sp³-hybridized carbons (Fsp3) is 0.600. The van der Waals surface area contributed by atoms with Gasteiger partial charge in [-0.05, 0) is 0 Å². The summed E-state index contributed by atoms with van der Waals surface area (Å²) in [6, 6.07) is -0.676. The van der Waals surface area contributed by atoms with Crippen molar-refractivity contribution in [1.29, 1.82) is 0 Å². The minimum atomic E-state index is -0.827. The Balaban J connectivity index is 2.47. The van der Waals surface area contributed by atoms with Crippen molar-refractivity contribution in [3.05, 3.63) is 0 Å². The summed E-state index contributed by atoms with van der Waals surface area (Å²) in [6.45, 7) is 0. The van der Waals surface area contributed by atoms with Crippen LogP contribution < -0.4 is 5.73 Å². The van der Waals surface area contributed by atoms with E-state index < -0.39 is 27.6 Å². The fourth-order valence-corrected chi connectivity index (χ4v) is 1.39. The number of hydrogen-bond donors (Lipinski definition) is 1. The van der Waals surface area contributed by atoms with Crippen molar-refractivity contribution in [1.82, 2.24) is 0 Å². The van der Waals surface area contributed by atoms with Crippen LogP contribution in [-0.4, -0.2) is 33.6 Å². The van der Waals surface area contributed by atoms with E-state index >= 15 is 0 Å². The Hall–Kier alpha value is -0.581. The first-order valence-electron chi connectivity index (χ1n) is 3.03. The van der Waals surface area contributed by atoms with Crippen LogP contribution in [0.5, 0.6) is 0 Å². The van der Waals surface area contributed by atoms with E-state index in [9.17, 15) is 9.59 Å². The summed E-state index contributed by atoms with van der Waals surface area (Å²) in [6.07, 6.45) is 0.492. The Kier molecular flexibility index (Phi) is 2.87. The standard InChI is InChI=1S/C5H7NO4Se/c6-3-1-2-4(7)9-11-10-5(3)8/h3H,1-2,6H2/t3-/m1/s1. The topological polar surface area (TPSA) is 78.6 Å². The van der Waals surface area contributed by atoms with E-state index in [-0.39, 0.29) is 12.4 Å². The van der Waals surface area contributed by atoms with Gasteiger partial charge in [-0.15, -0.1) is 0 Å². The minimum absolute atomic E-state index is 0.192. The number of rotatable bonds is 0. The van der Waals surface area contributed by atoms with Gasteiger partial charge in [-0.1, -0.05) is 0 Å². The number of hydrogen-bond acceptors (Lipinski definition) is 5. The zero-order valence-corrected chi connectivity index (χ0v) is 7.32. The van der Waals surface area contributed by atoms with Crippen molar-refractivity contribution in [2.45, 2.75) is 18.9 Å². The molecule has 5 nitrogen and oxygen atoms in total. The van der Waals surface area contributed by atoms with Crippen molar-refractivity contribution < 1.29 is 17.2 Å². The van der Waals surface area contributed by atoms with E-state index in [1.165, 1.54) is 0 Å². The van der Waals surface area contributed by atoms with Crippen LogP contribution in [0.3, 0.4) is 0 Å². The number of nitrogens with two attached hydrogens (primary N) is 1. The normalized spacial score (nSPS) is 26.5. The van der Waals surface area contributed by atoms with Crippen LogP contribution in [-0.2, 0) is 17.2 Å². The predicted octanol–water partition coefficient (Wildman–Crippen LogP) is -1.27. The zero-order valence-electron chi connectivity index (χ0n) is 5.61. The van der Waals surface area contributed by atoms with Crippen molar-refractivity contribution in [3.8, 4) is 0 Å². The van der Waals surface area contributed by atoms with Gasteiger partial charge >= 0.3 is 69.4 Å². The van der Waals surface area contributed by atoms with Crippen LogP contribution >= 0.6 is 0 Å². The summed E-state index contributed by atoms with van der Waals surface area (Å²) in [7, 11) is 0. The molecule has 62 valence electrons. The second kappa shape index (κ2) is 3.71. The van der Waals surface area contributed by atoms with E-state index in [4.69, 9.17) is 5.73 Å². The molecule has 6 heteroatoms. The number of carbonyl (C=O) groups is 2. The fourth-order valence-electron chi connectivity index (χ4n) is 0.583. The maximum atomic E-state index is 10.8. The molecule has 0 amide bonds. The average molecular weight is 224 g/mol. The molecule has 1 rings (SSSR count). The summed E-state index contributed by atoms with van der Waals surface area (Å²) in [5.74, 6) is -0.842. The van der Waals surface area contributed by atoms with Crippen LogP contribution in [0.2, 0.25) is 0 Å². The molecule has 0 bridgehead atoms. The Labute approximate surface area is 70.0 Å². The Morgan fingerprint density at radius 1 is 1.45 bits per heavy atom. The third-order valence-electron chi connectivity index (χ3n) is 1.21. The molecular weight excluding hydrogens is 217 g/mol. The van der Waals surface area contributed by atoms with Crippen molar-refractivity contribution in [3.63, 3.8) is 0 Å². The van der Waals surface area contributed by atoms with Gasteiger partial charge in [0.25, 0.3) is 0 Å². The molecule has 0 aromatic carbocycles. The SMILES string of the molecule is N[C@@H]1CCC(=O)O[Se]OC1=O. The second-order valence-corrected chi connectivity index (χ2v) is 3.06. The summed E-state index contributed by atoms with van der Waals surface area (Å²) in [5.41, 5.74) is 5.34. The molecule has 1 fully saturated rings. The second-order valence-electron chi connectivity index (χ2n) is 2.07. The Morgan fingerprint density at radius 2 is 2.18 bits per heavy atom. The maximum absolute atomic E-state index is 10.8. The molecule has 1 heterocycles. The molecule has 1 atom stereocenters. The molecule has 11 heavy (non-hydrogen) atoms. The van der Waals surface area contributed by atoms with Gasteiger partial charge in [0.05, 0.1) is 0 Å². The number of carbonyl (C=O) groups excluding carboxylic acids is 2. The third kappa shape index (κ3) is 2.49. The molecule has 1 aliphatic rings. The zero-order chi connectivity index (χ0) is 8.27. The van der Waals surface area contributed by atoms with Crippen LogP contribution in [0.1, 0.15) is 12.8 Å². The van der Waals surface area contributed by atoms with Gasteiger partial charge in [0.15, 0.2) is 0 Å². The van der Waals surface area contributed by atoms with E-state index in [0.717, 1.165) is 0 Å². The Bertz CT molecular complexity index is 183. The molecule has 0 aliphatic carbocycles. The Morgan fingerprint density at radius 3 is 2.91 bits per heavy atom. The quantitative estimate of drug-likeness (QED) is 0.519. The summed E-state index contributed by atoms with van der Waals surface area (Å²) in [4.78, 5) is 21.4. The van der Waals surface area contributed by atoms with Crippen molar-refractivity contribution >= 4 is 27.6 Å². The molecule has 2 N–H and O–H groups in total. The first kappa shape index (κ1) is 8.52. The van der Waals surface area contributed by atoms with Gasteiger partial charge in [0, 0.05) is 0 Å². The van der Waals surface area contributed by atoms with Crippen LogP contribution in [0.25, 0.3) is 0 Å². The van der Waals surface area contributed by atoms with Gasteiger partial charge in [0.2, 0.25) is 0 Å². The monoisotopic (exact) mass is 225 g/mol. The molecule has 1 aliphatic heterocycles. The van der Waals surface area contributed by atoms with Crippen LogP contribution in [0, 0.1) is 0 Å². The van der Waals surface area contributed by atoms with Gasteiger partial charge in [0.1, 0.15) is 0 Å². The van der Waals surface area contributed by atoms with E-state index in [1.54, 1.807) is 0 Å². The van der Waals surface area contributed by atoms with Crippen molar-refractivity contribution in [2.24, 2.45) is 5.73 Å². The van der Waals surface area contributed by atoms with E-state index in [0.29, 0.717) is 6.42 Å². The summed E-state index contributed by atoms with van der Waals surface area (Å²) >= 11 is -0.827. The third-order valence-corrected chi connectivity index (χ3v) is 2.23. The molecular formula is C5H7NO4Se. The molecule has 0 aromatic rings. The van der Waals surface area contributed by atoms with Crippen LogP contribution in [0.15, 0.2) is 0 Å². The van der Waals surface area contributed by atoms with Gasteiger partial charge in [-0.2, -0.15) is 0 Å². The molecule has 0 saturated carbocycles. The summed E-state index contributed by atoms with van der Waals surface area (Å²) < 4.78 is 9.05. The average Bonchev–Trinajstić information content (AvgIpc) is 1.98. The van der Waals surface area contributed by atoms with Gasteiger partial charge in [-0.3, -0.25) is 0 Å². The molecule has 0 radical (unpaired) electrons. The van der Waals surface area contributed by atoms with E-state index in [1.807, 2.05) is 0 Å². The van der Waals surface area contributed by atoms with Crippen LogP contribution in [0.4, 0.5) is 0 Å². The molecule has 0 aromatic heterocycles. The first-order valence-corrected chi connectivity index (χ1v) is 4.43.